The van der Waals surface area contributed by atoms with Crippen LogP contribution in [0.5, 0.6) is 0 Å². The molecule has 2 fully saturated rings. The summed E-state index contributed by atoms with van der Waals surface area (Å²) in [7, 11) is 1.86. The number of rotatable bonds is 6. The predicted octanol–water partition coefficient (Wildman–Crippen LogP) is 3.76. The summed E-state index contributed by atoms with van der Waals surface area (Å²) in [6, 6.07) is 9.38. The van der Waals surface area contributed by atoms with Crippen molar-refractivity contribution >= 4 is 45.9 Å². The number of guanidine groups is 1. The topological polar surface area (TPSA) is 48.9 Å². The summed E-state index contributed by atoms with van der Waals surface area (Å²) in [5, 5.41) is 7.15. The maximum atomic E-state index is 5.65. The van der Waals surface area contributed by atoms with Crippen molar-refractivity contribution in [1.29, 1.82) is 0 Å². The van der Waals surface area contributed by atoms with Crippen molar-refractivity contribution in [3.05, 3.63) is 34.3 Å². The number of hydrogen-bond acceptors (Lipinski definition) is 3. The summed E-state index contributed by atoms with van der Waals surface area (Å²) in [4.78, 5) is 7.02. The fraction of sp³-hybridized carbons (Fsp3) is 0.667. The molecule has 2 saturated heterocycles. The molecule has 158 valence electrons. The lowest BCUT2D eigenvalue weighted by Crippen LogP contribution is -2.50. The molecule has 1 atom stereocenters. The van der Waals surface area contributed by atoms with Gasteiger partial charge in [0.1, 0.15) is 0 Å². The lowest BCUT2D eigenvalue weighted by atomic mass is 9.74. The van der Waals surface area contributed by atoms with Crippen LogP contribution in [0.25, 0.3) is 0 Å². The van der Waals surface area contributed by atoms with Gasteiger partial charge in [-0.3, -0.25) is 9.89 Å². The van der Waals surface area contributed by atoms with Crippen LogP contribution >= 0.6 is 39.9 Å². The zero-order valence-electron chi connectivity index (χ0n) is 17.0. The molecule has 2 aliphatic heterocycles. The number of benzene rings is 1. The van der Waals surface area contributed by atoms with E-state index in [4.69, 9.17) is 4.74 Å². The summed E-state index contributed by atoms with van der Waals surface area (Å²) >= 11 is 3.55. The molecular formula is C21H34BrIN4O. The van der Waals surface area contributed by atoms with E-state index in [2.05, 4.69) is 67.6 Å². The minimum Gasteiger partial charge on any atom is -0.381 e. The van der Waals surface area contributed by atoms with Crippen LogP contribution in [0.15, 0.2) is 33.7 Å². The molecular weight excluding hydrogens is 531 g/mol. The normalized spacial score (nSPS) is 22.5. The third kappa shape index (κ3) is 6.06. The number of halogens is 2. The quantitative estimate of drug-likeness (QED) is 0.314. The number of aliphatic imine (C=N–C) groups is 1. The van der Waals surface area contributed by atoms with Crippen molar-refractivity contribution in [2.24, 2.45) is 4.99 Å². The molecule has 0 aromatic heterocycles. The maximum absolute atomic E-state index is 5.65. The highest BCUT2D eigenvalue weighted by Gasteiger charge is 2.34. The molecule has 0 aliphatic carbocycles. The van der Waals surface area contributed by atoms with E-state index in [1.54, 1.807) is 0 Å². The van der Waals surface area contributed by atoms with Gasteiger partial charge in [0.15, 0.2) is 5.96 Å². The molecule has 0 spiro atoms. The molecule has 0 radical (unpaired) electrons. The smallest absolute Gasteiger partial charge is 0.191 e. The lowest BCUT2D eigenvalue weighted by molar-refractivity contribution is 0.0513. The van der Waals surface area contributed by atoms with Crippen molar-refractivity contribution in [1.82, 2.24) is 15.5 Å². The predicted molar refractivity (Wildman–Crippen MR) is 131 cm³/mol. The first kappa shape index (κ1) is 23.9. The zero-order valence-corrected chi connectivity index (χ0v) is 21.0. The van der Waals surface area contributed by atoms with E-state index in [0.29, 0.717) is 6.04 Å². The number of ether oxygens (including phenoxy) is 1. The number of likely N-dealkylation sites (N-methyl/N-ethyl adjacent to an activating group) is 1. The average Bonchev–Trinajstić information content (AvgIpc) is 3.17. The van der Waals surface area contributed by atoms with Gasteiger partial charge in [-0.1, -0.05) is 35.0 Å². The molecule has 2 heterocycles. The summed E-state index contributed by atoms with van der Waals surface area (Å²) < 4.78 is 6.78. The van der Waals surface area contributed by atoms with Gasteiger partial charge in [-0.05, 0) is 56.5 Å². The second-order valence-electron chi connectivity index (χ2n) is 7.63. The Morgan fingerprint density at radius 1 is 1.25 bits per heavy atom. The Labute approximate surface area is 195 Å². The largest absolute Gasteiger partial charge is 0.381 e. The van der Waals surface area contributed by atoms with Crippen molar-refractivity contribution < 1.29 is 4.74 Å². The fourth-order valence-electron chi connectivity index (χ4n) is 4.36. The van der Waals surface area contributed by atoms with Gasteiger partial charge in [0, 0.05) is 49.3 Å². The molecule has 3 rings (SSSR count). The number of hydrogen-bond donors (Lipinski definition) is 2. The van der Waals surface area contributed by atoms with Crippen LogP contribution in [0.2, 0.25) is 0 Å². The second-order valence-corrected chi connectivity index (χ2v) is 8.55. The molecule has 1 aromatic carbocycles. The molecule has 0 bridgehead atoms. The highest BCUT2D eigenvalue weighted by Crippen LogP contribution is 2.34. The van der Waals surface area contributed by atoms with Gasteiger partial charge in [0.25, 0.3) is 0 Å². The average molecular weight is 565 g/mol. The van der Waals surface area contributed by atoms with Crippen LogP contribution in [-0.4, -0.2) is 63.3 Å². The highest BCUT2D eigenvalue weighted by atomic mass is 127. The minimum absolute atomic E-state index is 0. The summed E-state index contributed by atoms with van der Waals surface area (Å²) in [6.45, 7) is 8.07. The SMILES string of the molecule is CCN1CCCC1CNC(=NC)NCC1(c2ccc(Br)cc2)CCOCC1.I. The first-order valence-electron chi connectivity index (χ1n) is 10.2. The Morgan fingerprint density at radius 3 is 2.61 bits per heavy atom. The van der Waals surface area contributed by atoms with Crippen molar-refractivity contribution in [2.75, 3.05) is 46.4 Å². The van der Waals surface area contributed by atoms with Gasteiger partial charge in [-0.2, -0.15) is 0 Å². The molecule has 1 aromatic rings. The van der Waals surface area contributed by atoms with Gasteiger partial charge in [-0.15, -0.1) is 24.0 Å². The Bertz CT molecular complexity index is 619. The molecule has 2 N–H and O–H groups in total. The van der Waals surface area contributed by atoms with Gasteiger partial charge >= 0.3 is 0 Å². The van der Waals surface area contributed by atoms with E-state index in [0.717, 1.165) is 56.1 Å². The second kappa shape index (κ2) is 11.7. The minimum atomic E-state index is 0. The van der Waals surface area contributed by atoms with E-state index in [1.165, 1.54) is 24.9 Å². The molecule has 0 amide bonds. The van der Waals surface area contributed by atoms with Gasteiger partial charge in [0.05, 0.1) is 0 Å². The first-order chi connectivity index (χ1) is 13.2. The summed E-state index contributed by atoms with van der Waals surface area (Å²) in [6.07, 6.45) is 4.65. The zero-order chi connectivity index (χ0) is 19.1. The Kier molecular flexibility index (Phi) is 10.00. The van der Waals surface area contributed by atoms with Crippen LogP contribution in [0.3, 0.4) is 0 Å². The van der Waals surface area contributed by atoms with Crippen molar-refractivity contribution in [2.45, 2.75) is 44.1 Å². The van der Waals surface area contributed by atoms with Gasteiger partial charge in [0.2, 0.25) is 0 Å². The van der Waals surface area contributed by atoms with E-state index < -0.39 is 0 Å². The van der Waals surface area contributed by atoms with Crippen LogP contribution in [0.4, 0.5) is 0 Å². The molecule has 28 heavy (non-hydrogen) atoms. The summed E-state index contributed by atoms with van der Waals surface area (Å²) in [5.74, 6) is 0.904. The molecule has 2 aliphatic rings. The summed E-state index contributed by atoms with van der Waals surface area (Å²) in [5.41, 5.74) is 1.48. The van der Waals surface area contributed by atoms with E-state index in [9.17, 15) is 0 Å². The fourth-order valence-corrected chi connectivity index (χ4v) is 4.63. The molecule has 0 saturated carbocycles. The first-order valence-corrected chi connectivity index (χ1v) is 11.0. The van der Waals surface area contributed by atoms with Crippen molar-refractivity contribution in [3.8, 4) is 0 Å². The van der Waals surface area contributed by atoms with Gasteiger partial charge in [-0.25, -0.2) is 0 Å². The maximum Gasteiger partial charge on any atom is 0.191 e. The Hall–Kier alpha value is -0.380. The Morgan fingerprint density at radius 2 is 1.96 bits per heavy atom. The molecule has 7 heteroatoms. The Balaban J connectivity index is 0.00000280. The van der Waals surface area contributed by atoms with E-state index >= 15 is 0 Å². The number of nitrogens with one attached hydrogen (secondary N) is 2. The van der Waals surface area contributed by atoms with E-state index in [1.807, 2.05) is 7.05 Å². The monoisotopic (exact) mass is 564 g/mol. The standard InChI is InChI=1S/C21H33BrN4O.HI/c1-3-26-12-4-5-19(26)15-24-20(23-2)25-16-21(10-13-27-14-11-21)17-6-8-18(22)9-7-17;/h6-9,19H,3-5,10-16H2,1-2H3,(H2,23,24,25);1H. The van der Waals surface area contributed by atoms with Crippen LogP contribution in [0.1, 0.15) is 38.2 Å². The third-order valence-corrected chi connectivity index (χ3v) is 6.66. The number of nitrogens with zero attached hydrogens (tertiary/aromatic N) is 2. The van der Waals surface area contributed by atoms with E-state index in [-0.39, 0.29) is 29.4 Å². The molecule has 1 unspecified atom stereocenters. The van der Waals surface area contributed by atoms with Crippen LogP contribution < -0.4 is 10.6 Å². The third-order valence-electron chi connectivity index (χ3n) is 6.13. The van der Waals surface area contributed by atoms with Crippen LogP contribution in [-0.2, 0) is 10.2 Å². The highest BCUT2D eigenvalue weighted by molar-refractivity contribution is 14.0. The lowest BCUT2D eigenvalue weighted by Gasteiger charge is -2.38. The van der Waals surface area contributed by atoms with Crippen LogP contribution in [0, 0.1) is 0 Å². The number of likely N-dealkylation sites (tertiary alicyclic amines) is 1. The van der Waals surface area contributed by atoms with Crippen molar-refractivity contribution in [3.63, 3.8) is 0 Å². The van der Waals surface area contributed by atoms with Gasteiger partial charge < -0.3 is 15.4 Å². The molecule has 5 nitrogen and oxygen atoms in total.